The van der Waals surface area contributed by atoms with Gasteiger partial charge in [0.05, 0.1) is 0 Å². The molecule has 3 N–H and O–H groups in total. The molecule has 0 spiro atoms. The maximum Gasteiger partial charge on any atom is 0.197 e. The largest absolute Gasteiger partial charge is 0.409 e. The molecule has 94 valence electrons. The monoisotopic (exact) mass is 264 g/mol. The number of rotatable bonds is 3. The first-order chi connectivity index (χ1) is 8.61. The second-order valence-electron chi connectivity index (χ2n) is 3.54. The molecule has 0 aliphatic carbocycles. The predicted molar refractivity (Wildman–Crippen MR) is 66.6 cm³/mol. The smallest absolute Gasteiger partial charge is 0.197 e. The fourth-order valence-electron chi connectivity index (χ4n) is 1.24. The number of nitrogens with zero attached hydrogens (tertiary/aromatic N) is 5. The van der Waals surface area contributed by atoms with Crippen molar-refractivity contribution in [2.75, 3.05) is 0 Å². The van der Waals surface area contributed by atoms with Crippen molar-refractivity contribution in [3.8, 4) is 0 Å². The fraction of sp³-hybridized carbons (Fsp3) is 0.200. The third kappa shape index (κ3) is 2.43. The summed E-state index contributed by atoms with van der Waals surface area (Å²) in [4.78, 5) is 4.26. The van der Waals surface area contributed by atoms with Crippen LogP contribution in [-0.4, -0.2) is 30.8 Å². The molecule has 8 heteroatoms. The average molecular weight is 264 g/mol. The minimum atomic E-state index is -0.0217. The van der Waals surface area contributed by atoms with E-state index < -0.39 is 0 Å². The first-order valence-corrected chi connectivity index (χ1v) is 5.92. The van der Waals surface area contributed by atoms with Crippen LogP contribution in [0.2, 0.25) is 0 Å². The number of aromatic nitrogens is 4. The Bertz CT molecular complexity index is 594. The Hall–Kier alpha value is -2.09. The van der Waals surface area contributed by atoms with Gasteiger partial charge in [0.15, 0.2) is 11.0 Å². The Kier molecular flexibility index (Phi) is 3.47. The van der Waals surface area contributed by atoms with Gasteiger partial charge in [-0.05, 0) is 30.8 Å². The minimum absolute atomic E-state index is 0.0217. The molecule has 18 heavy (non-hydrogen) atoms. The van der Waals surface area contributed by atoms with Crippen LogP contribution in [0.5, 0.6) is 0 Å². The predicted octanol–water partition coefficient (Wildman–Crippen LogP) is 0.764. The molecule has 0 fully saturated rings. The zero-order chi connectivity index (χ0) is 13.1. The van der Waals surface area contributed by atoms with Crippen LogP contribution in [-0.2, 0) is 7.05 Å². The number of hydrogen-bond acceptors (Lipinski definition) is 6. The van der Waals surface area contributed by atoms with Crippen molar-refractivity contribution in [2.45, 2.75) is 17.1 Å². The summed E-state index contributed by atoms with van der Waals surface area (Å²) in [5.41, 5.74) is 5.90. The second kappa shape index (κ2) is 5.05. The van der Waals surface area contributed by atoms with Gasteiger partial charge in [-0.25, -0.2) is 4.98 Å². The fourth-order valence-corrected chi connectivity index (χ4v) is 2.06. The molecule has 0 atom stereocenters. The van der Waals surface area contributed by atoms with E-state index in [4.69, 9.17) is 10.9 Å². The molecule has 0 amide bonds. The number of hydrogen-bond donors (Lipinski definition) is 2. The van der Waals surface area contributed by atoms with Crippen LogP contribution >= 0.6 is 11.8 Å². The van der Waals surface area contributed by atoms with Crippen LogP contribution in [0.1, 0.15) is 11.5 Å². The van der Waals surface area contributed by atoms with E-state index in [2.05, 4.69) is 20.3 Å². The molecule has 0 radical (unpaired) electrons. The van der Waals surface area contributed by atoms with E-state index in [0.717, 1.165) is 11.0 Å². The Labute approximate surface area is 108 Å². The topological polar surface area (TPSA) is 102 Å². The highest BCUT2D eigenvalue weighted by atomic mass is 32.2. The summed E-state index contributed by atoms with van der Waals surface area (Å²) in [6, 6.07) is 5.27. The van der Waals surface area contributed by atoms with Gasteiger partial charge in [-0.2, -0.15) is 0 Å². The Morgan fingerprint density at radius 3 is 2.83 bits per heavy atom. The number of oxime groups is 1. The molecule has 0 aromatic carbocycles. The van der Waals surface area contributed by atoms with Crippen LogP contribution in [0.15, 0.2) is 33.5 Å². The summed E-state index contributed by atoms with van der Waals surface area (Å²) in [7, 11) is 1.88. The normalized spacial score (nSPS) is 11.8. The summed E-state index contributed by atoms with van der Waals surface area (Å²) in [6.45, 7) is 1.87. The molecule has 2 heterocycles. The van der Waals surface area contributed by atoms with Gasteiger partial charge in [0.25, 0.3) is 0 Å². The quantitative estimate of drug-likeness (QED) is 0.367. The van der Waals surface area contributed by atoms with Gasteiger partial charge >= 0.3 is 0 Å². The van der Waals surface area contributed by atoms with Crippen molar-refractivity contribution in [1.82, 2.24) is 19.7 Å². The third-order valence-electron chi connectivity index (χ3n) is 2.34. The standard InChI is InChI=1S/C10H12N6OS/c1-6-13-14-10(16(6)2)18-8-5-3-4-7(12-8)9(11)15-17/h3-5,17H,1-2H3,(H2,11,15). The first kappa shape index (κ1) is 12.4. The van der Waals surface area contributed by atoms with Gasteiger partial charge < -0.3 is 15.5 Å². The van der Waals surface area contributed by atoms with Crippen molar-refractivity contribution in [3.63, 3.8) is 0 Å². The van der Waals surface area contributed by atoms with Crippen LogP contribution in [0.3, 0.4) is 0 Å². The van der Waals surface area contributed by atoms with Crippen LogP contribution in [0, 0.1) is 6.92 Å². The van der Waals surface area contributed by atoms with Gasteiger partial charge in [0.1, 0.15) is 16.5 Å². The van der Waals surface area contributed by atoms with E-state index in [-0.39, 0.29) is 5.84 Å². The van der Waals surface area contributed by atoms with Gasteiger partial charge in [0.2, 0.25) is 0 Å². The molecule has 2 aromatic heterocycles. The van der Waals surface area contributed by atoms with Crippen molar-refractivity contribution in [3.05, 3.63) is 29.7 Å². The lowest BCUT2D eigenvalue weighted by Gasteiger charge is -2.03. The molecule has 0 saturated carbocycles. The highest BCUT2D eigenvalue weighted by Crippen LogP contribution is 2.24. The lowest BCUT2D eigenvalue weighted by Crippen LogP contribution is -2.14. The molecule has 7 nitrogen and oxygen atoms in total. The number of nitrogens with two attached hydrogens (primary N) is 1. The van der Waals surface area contributed by atoms with E-state index in [9.17, 15) is 0 Å². The second-order valence-corrected chi connectivity index (χ2v) is 4.52. The minimum Gasteiger partial charge on any atom is -0.409 e. The van der Waals surface area contributed by atoms with E-state index >= 15 is 0 Å². The maximum absolute atomic E-state index is 8.61. The van der Waals surface area contributed by atoms with Crippen molar-refractivity contribution >= 4 is 17.6 Å². The average Bonchev–Trinajstić information content (AvgIpc) is 2.70. The van der Waals surface area contributed by atoms with Gasteiger partial charge in [0, 0.05) is 7.05 Å². The molecule has 0 bridgehead atoms. The first-order valence-electron chi connectivity index (χ1n) is 5.10. The van der Waals surface area contributed by atoms with E-state index in [1.807, 2.05) is 24.6 Å². The summed E-state index contributed by atoms with van der Waals surface area (Å²) in [5, 5.41) is 21.0. The molecule has 0 unspecified atom stereocenters. The van der Waals surface area contributed by atoms with E-state index in [0.29, 0.717) is 10.7 Å². The molecule has 2 rings (SSSR count). The Morgan fingerprint density at radius 2 is 2.22 bits per heavy atom. The van der Waals surface area contributed by atoms with Gasteiger partial charge in [-0.1, -0.05) is 11.2 Å². The lowest BCUT2D eigenvalue weighted by molar-refractivity contribution is 0.318. The summed E-state index contributed by atoms with van der Waals surface area (Å²) >= 11 is 1.36. The molecule has 2 aromatic rings. The van der Waals surface area contributed by atoms with Gasteiger partial charge in [-0.15, -0.1) is 10.2 Å². The highest BCUT2D eigenvalue weighted by molar-refractivity contribution is 7.99. The van der Waals surface area contributed by atoms with Crippen LogP contribution < -0.4 is 5.73 Å². The number of aryl methyl sites for hydroxylation is 1. The van der Waals surface area contributed by atoms with Crippen LogP contribution in [0.25, 0.3) is 0 Å². The van der Waals surface area contributed by atoms with Crippen molar-refractivity contribution in [2.24, 2.45) is 17.9 Å². The van der Waals surface area contributed by atoms with E-state index in [1.165, 1.54) is 11.8 Å². The zero-order valence-corrected chi connectivity index (χ0v) is 10.7. The third-order valence-corrected chi connectivity index (χ3v) is 3.32. The number of pyridine rings is 1. The number of amidine groups is 1. The summed E-state index contributed by atoms with van der Waals surface area (Å²) < 4.78 is 1.86. The van der Waals surface area contributed by atoms with Crippen molar-refractivity contribution < 1.29 is 5.21 Å². The Morgan fingerprint density at radius 1 is 1.44 bits per heavy atom. The lowest BCUT2D eigenvalue weighted by atomic mass is 10.3. The molecular weight excluding hydrogens is 252 g/mol. The summed E-state index contributed by atoms with van der Waals surface area (Å²) in [5.74, 6) is 0.802. The zero-order valence-electron chi connectivity index (χ0n) is 9.90. The molecular formula is C10H12N6OS. The maximum atomic E-state index is 8.61. The summed E-state index contributed by atoms with van der Waals surface area (Å²) in [6.07, 6.45) is 0. The molecule has 0 saturated heterocycles. The van der Waals surface area contributed by atoms with Crippen LogP contribution in [0.4, 0.5) is 0 Å². The van der Waals surface area contributed by atoms with Gasteiger partial charge in [-0.3, -0.25) is 0 Å². The SMILES string of the molecule is Cc1nnc(Sc2cccc(C(N)=NO)n2)n1C. The van der Waals surface area contributed by atoms with Crippen molar-refractivity contribution in [1.29, 1.82) is 0 Å². The molecule has 0 aliphatic heterocycles. The highest BCUT2D eigenvalue weighted by Gasteiger charge is 2.09. The molecule has 0 aliphatic rings. The van der Waals surface area contributed by atoms with E-state index in [1.54, 1.807) is 12.1 Å². The Balaban J connectivity index is 2.27.